The topological polar surface area (TPSA) is 154 Å². The van der Waals surface area contributed by atoms with Crippen molar-refractivity contribution in [1.82, 2.24) is 20.6 Å². The van der Waals surface area contributed by atoms with E-state index in [0.29, 0.717) is 5.69 Å². The maximum Gasteiger partial charge on any atom is 0.407 e. The van der Waals surface area contributed by atoms with Gasteiger partial charge in [0, 0.05) is 30.8 Å². The number of hydrogen-bond donors (Lipinski definition) is 5. The van der Waals surface area contributed by atoms with Crippen molar-refractivity contribution in [1.29, 1.82) is 0 Å². The summed E-state index contributed by atoms with van der Waals surface area (Å²) in [4.78, 5) is 42.4. The number of fused-ring (bicyclic) bond motifs is 3. The number of hydrogen-bond acceptors (Lipinski definition) is 6. The van der Waals surface area contributed by atoms with Crippen LogP contribution in [0.1, 0.15) is 29.2 Å². The summed E-state index contributed by atoms with van der Waals surface area (Å²) in [6.07, 6.45) is 0.599. The summed E-state index contributed by atoms with van der Waals surface area (Å²) in [5.74, 6) is -1.95. The van der Waals surface area contributed by atoms with Crippen LogP contribution in [0.5, 0.6) is 0 Å². The molecule has 2 aromatic carbocycles. The lowest BCUT2D eigenvalue weighted by Gasteiger charge is -2.17. The van der Waals surface area contributed by atoms with E-state index in [-0.39, 0.29) is 31.9 Å². The first kappa shape index (κ1) is 24.0. The average Bonchev–Trinajstić information content (AvgIpc) is 3.47. The van der Waals surface area contributed by atoms with E-state index in [1.165, 1.54) is 12.5 Å². The molecule has 1 aliphatic carbocycles. The summed E-state index contributed by atoms with van der Waals surface area (Å²) in [5.41, 5.74) is 4.95. The Bertz CT molecular complexity index is 1150. The second-order valence-corrected chi connectivity index (χ2v) is 8.30. The molecule has 2 atom stereocenters. The molecule has 10 heteroatoms. The Morgan fingerprint density at radius 2 is 1.71 bits per heavy atom. The maximum atomic E-state index is 12.2. The van der Waals surface area contributed by atoms with Gasteiger partial charge in [0.25, 0.3) is 0 Å². The van der Waals surface area contributed by atoms with Crippen molar-refractivity contribution in [3.63, 3.8) is 0 Å². The van der Waals surface area contributed by atoms with Crippen LogP contribution in [0.15, 0.2) is 61.1 Å². The SMILES string of the molecule is O=C(CC(O)CNC(=O)OCC1c2ccccc2-c2ccccc21)N[C@H](Cc1cnc[nH]1)C(=O)O. The number of benzene rings is 2. The molecule has 3 aromatic rings. The van der Waals surface area contributed by atoms with Crippen molar-refractivity contribution < 1.29 is 29.3 Å². The van der Waals surface area contributed by atoms with E-state index in [4.69, 9.17) is 4.74 Å². The third-order valence-corrected chi connectivity index (χ3v) is 5.86. The number of ether oxygens (including phenoxy) is 1. The molecule has 1 aliphatic rings. The van der Waals surface area contributed by atoms with Gasteiger partial charge in [0.15, 0.2) is 0 Å². The number of aliphatic carboxylic acids is 1. The highest BCUT2D eigenvalue weighted by molar-refractivity contribution is 5.84. The van der Waals surface area contributed by atoms with E-state index in [9.17, 15) is 24.6 Å². The average molecular weight is 479 g/mol. The number of nitrogens with one attached hydrogen (secondary N) is 3. The number of aliphatic hydroxyl groups excluding tert-OH is 1. The highest BCUT2D eigenvalue weighted by atomic mass is 16.5. The van der Waals surface area contributed by atoms with Gasteiger partial charge >= 0.3 is 12.1 Å². The summed E-state index contributed by atoms with van der Waals surface area (Å²) in [6.45, 7) is -0.0906. The molecule has 1 heterocycles. The van der Waals surface area contributed by atoms with Crippen molar-refractivity contribution in [2.45, 2.75) is 30.9 Å². The van der Waals surface area contributed by atoms with E-state index < -0.39 is 30.1 Å². The predicted octanol–water partition coefficient (Wildman–Crippen LogP) is 1.81. The van der Waals surface area contributed by atoms with Crippen molar-refractivity contribution >= 4 is 18.0 Å². The molecule has 1 unspecified atom stereocenters. The van der Waals surface area contributed by atoms with Crippen LogP contribution < -0.4 is 10.6 Å². The van der Waals surface area contributed by atoms with E-state index in [2.05, 4.69) is 20.6 Å². The van der Waals surface area contributed by atoms with Gasteiger partial charge < -0.3 is 30.6 Å². The van der Waals surface area contributed by atoms with Gasteiger partial charge in [-0.15, -0.1) is 0 Å². The fourth-order valence-corrected chi connectivity index (χ4v) is 4.21. The highest BCUT2D eigenvalue weighted by Gasteiger charge is 2.29. The molecule has 0 saturated heterocycles. The third kappa shape index (κ3) is 5.85. The highest BCUT2D eigenvalue weighted by Crippen LogP contribution is 2.44. The molecule has 0 fully saturated rings. The molecule has 1 aromatic heterocycles. The molecule has 35 heavy (non-hydrogen) atoms. The molecule has 5 N–H and O–H groups in total. The van der Waals surface area contributed by atoms with Crippen LogP contribution in [-0.2, 0) is 20.7 Å². The van der Waals surface area contributed by atoms with Crippen LogP contribution in [-0.4, -0.2) is 63.4 Å². The molecular weight excluding hydrogens is 452 g/mol. The first-order chi connectivity index (χ1) is 16.9. The number of carboxylic acids is 1. The lowest BCUT2D eigenvalue weighted by Crippen LogP contribution is -2.44. The number of carbonyl (C=O) groups excluding carboxylic acids is 2. The minimum absolute atomic E-state index is 0.0230. The molecule has 10 nitrogen and oxygen atoms in total. The van der Waals surface area contributed by atoms with Crippen LogP contribution in [0.25, 0.3) is 11.1 Å². The normalized spacial score (nSPS) is 13.9. The smallest absolute Gasteiger partial charge is 0.407 e. The third-order valence-electron chi connectivity index (χ3n) is 5.86. The molecule has 182 valence electrons. The molecule has 0 bridgehead atoms. The van der Waals surface area contributed by atoms with Gasteiger partial charge in [0.1, 0.15) is 12.6 Å². The van der Waals surface area contributed by atoms with Crippen molar-refractivity contribution in [3.05, 3.63) is 77.9 Å². The van der Waals surface area contributed by atoms with Gasteiger partial charge in [0.2, 0.25) is 5.91 Å². The number of aromatic nitrogens is 2. The lowest BCUT2D eigenvalue weighted by molar-refractivity contribution is -0.142. The minimum atomic E-state index is -1.21. The second-order valence-electron chi connectivity index (χ2n) is 8.30. The summed E-state index contributed by atoms with van der Waals surface area (Å²) < 4.78 is 5.40. The monoisotopic (exact) mass is 478 g/mol. The second kappa shape index (κ2) is 10.8. The number of nitrogens with zero attached hydrogens (tertiary/aromatic N) is 1. The van der Waals surface area contributed by atoms with Crippen molar-refractivity contribution in [2.24, 2.45) is 0 Å². The standard InChI is InChI=1S/C25H26N4O6/c30-16(10-23(31)29-22(24(32)33)9-15-11-26-14-28-15)12-27-25(34)35-13-21-19-7-3-1-5-17(19)18-6-2-4-8-20(18)21/h1-8,11,14,16,21-22,30H,9-10,12-13H2,(H,26,28)(H,27,34)(H,29,31)(H,32,33)/t16?,22-/m1/s1. The number of carboxylic acid groups (broad SMARTS) is 1. The summed E-state index contributed by atoms with van der Waals surface area (Å²) in [6, 6.07) is 14.8. The first-order valence-corrected chi connectivity index (χ1v) is 11.2. The van der Waals surface area contributed by atoms with Gasteiger partial charge in [-0.1, -0.05) is 48.5 Å². The Kier molecular flexibility index (Phi) is 7.41. The molecule has 0 spiro atoms. The van der Waals surface area contributed by atoms with Crippen LogP contribution in [0.4, 0.5) is 4.79 Å². The summed E-state index contributed by atoms with van der Waals surface area (Å²) in [7, 11) is 0. The van der Waals surface area contributed by atoms with Gasteiger partial charge in [-0.3, -0.25) is 4.79 Å². The number of carbonyl (C=O) groups is 3. The number of imidazole rings is 1. The van der Waals surface area contributed by atoms with Crippen molar-refractivity contribution in [3.8, 4) is 11.1 Å². The largest absolute Gasteiger partial charge is 0.480 e. The Labute approximate surface area is 201 Å². The number of rotatable bonds is 10. The fraction of sp³-hybridized carbons (Fsp3) is 0.280. The molecule has 4 rings (SSSR count). The van der Waals surface area contributed by atoms with Crippen molar-refractivity contribution in [2.75, 3.05) is 13.2 Å². The molecule has 2 amide bonds. The van der Waals surface area contributed by atoms with Gasteiger partial charge in [-0.05, 0) is 22.3 Å². The zero-order chi connectivity index (χ0) is 24.8. The lowest BCUT2D eigenvalue weighted by atomic mass is 9.98. The van der Waals surface area contributed by atoms with Gasteiger partial charge in [-0.25, -0.2) is 14.6 Å². The molecule has 0 radical (unpaired) electrons. The maximum absolute atomic E-state index is 12.2. The van der Waals surface area contributed by atoms with Crippen LogP contribution in [0, 0.1) is 0 Å². The number of H-pyrrole nitrogens is 1. The van der Waals surface area contributed by atoms with Crippen LogP contribution in [0.2, 0.25) is 0 Å². The van der Waals surface area contributed by atoms with Crippen LogP contribution in [0.3, 0.4) is 0 Å². The van der Waals surface area contributed by atoms with E-state index in [1.807, 2.05) is 48.5 Å². The fourth-order valence-electron chi connectivity index (χ4n) is 4.21. The summed E-state index contributed by atoms with van der Waals surface area (Å²) >= 11 is 0. The van der Waals surface area contributed by atoms with E-state index in [1.54, 1.807) is 0 Å². The van der Waals surface area contributed by atoms with Crippen LogP contribution >= 0.6 is 0 Å². The number of alkyl carbamates (subject to hydrolysis) is 1. The number of aromatic amines is 1. The van der Waals surface area contributed by atoms with Gasteiger partial charge in [0.05, 0.1) is 18.9 Å². The molecular formula is C25H26N4O6. The minimum Gasteiger partial charge on any atom is -0.480 e. The zero-order valence-electron chi connectivity index (χ0n) is 18.8. The van der Waals surface area contributed by atoms with E-state index in [0.717, 1.165) is 22.3 Å². The first-order valence-electron chi connectivity index (χ1n) is 11.2. The Hall–Kier alpha value is -4.18. The predicted molar refractivity (Wildman–Crippen MR) is 126 cm³/mol. The zero-order valence-corrected chi connectivity index (χ0v) is 18.8. The molecule has 0 saturated carbocycles. The van der Waals surface area contributed by atoms with Gasteiger partial charge in [-0.2, -0.15) is 0 Å². The van der Waals surface area contributed by atoms with E-state index >= 15 is 0 Å². The molecule has 0 aliphatic heterocycles. The number of aliphatic hydroxyl groups is 1. The quantitative estimate of drug-likeness (QED) is 0.298. The Morgan fingerprint density at radius 1 is 1.06 bits per heavy atom. The summed E-state index contributed by atoms with van der Waals surface area (Å²) in [5, 5.41) is 24.3. The Morgan fingerprint density at radius 3 is 2.31 bits per heavy atom. The Balaban J connectivity index is 1.23. The number of amides is 2.